The lowest BCUT2D eigenvalue weighted by molar-refractivity contribution is 0.0980. The van der Waals surface area contributed by atoms with Crippen LogP contribution in [0.25, 0.3) is 10.6 Å². The van der Waals surface area contributed by atoms with Gasteiger partial charge in [-0.05, 0) is 48.7 Å². The van der Waals surface area contributed by atoms with Gasteiger partial charge in [0.05, 0.1) is 5.69 Å². The summed E-state index contributed by atoms with van der Waals surface area (Å²) in [6, 6.07) is 10.8. The summed E-state index contributed by atoms with van der Waals surface area (Å²) in [5.74, 6) is -1.02. The summed E-state index contributed by atoms with van der Waals surface area (Å²) in [7, 11) is 0. The number of fused-ring (bicyclic) bond motifs is 1. The molecular weight excluding hydrogens is 342 g/mol. The Kier molecular flexibility index (Phi) is 4.05. The van der Waals surface area contributed by atoms with E-state index < -0.39 is 0 Å². The zero-order chi connectivity index (χ0) is 17.4. The first-order valence-corrected chi connectivity index (χ1v) is 8.82. The molecule has 2 aromatic carbocycles. The van der Waals surface area contributed by atoms with Gasteiger partial charge in [0.15, 0.2) is 0 Å². The van der Waals surface area contributed by atoms with E-state index in [1.807, 2.05) is 6.07 Å². The average molecular weight is 356 g/mol. The molecule has 3 aromatic rings. The van der Waals surface area contributed by atoms with Gasteiger partial charge in [0.1, 0.15) is 22.3 Å². The van der Waals surface area contributed by atoms with Crippen LogP contribution >= 0.6 is 11.3 Å². The molecule has 1 amide bonds. The van der Waals surface area contributed by atoms with Crippen molar-refractivity contribution in [3.8, 4) is 10.6 Å². The summed E-state index contributed by atoms with van der Waals surface area (Å²) in [5.41, 5.74) is 2.22. The van der Waals surface area contributed by atoms with Crippen LogP contribution in [0.2, 0.25) is 0 Å². The molecule has 0 aliphatic carbocycles. The number of thiazole rings is 1. The monoisotopic (exact) mass is 356 g/mol. The van der Waals surface area contributed by atoms with Gasteiger partial charge in [-0.1, -0.05) is 12.1 Å². The Hall–Kier alpha value is -2.60. The zero-order valence-electron chi connectivity index (χ0n) is 13.2. The van der Waals surface area contributed by atoms with Crippen LogP contribution in [0.5, 0.6) is 0 Å². The third kappa shape index (κ3) is 2.93. The van der Waals surface area contributed by atoms with E-state index in [9.17, 15) is 13.6 Å². The first kappa shape index (κ1) is 15.9. The Morgan fingerprint density at radius 3 is 2.72 bits per heavy atom. The highest BCUT2D eigenvalue weighted by Gasteiger charge is 2.27. The van der Waals surface area contributed by atoms with E-state index >= 15 is 0 Å². The number of aromatic nitrogens is 1. The van der Waals surface area contributed by atoms with Gasteiger partial charge in [0.25, 0.3) is 5.91 Å². The Bertz CT molecular complexity index is 937. The molecule has 0 N–H and O–H groups in total. The fourth-order valence-corrected chi connectivity index (χ4v) is 3.84. The van der Waals surface area contributed by atoms with Crippen LogP contribution in [0.15, 0.2) is 47.8 Å². The van der Waals surface area contributed by atoms with E-state index in [0.717, 1.165) is 24.0 Å². The van der Waals surface area contributed by atoms with Crippen molar-refractivity contribution in [2.45, 2.75) is 12.8 Å². The molecule has 0 saturated carbocycles. The molecule has 3 nitrogen and oxygen atoms in total. The second-order valence-corrected chi connectivity index (χ2v) is 6.71. The molecule has 4 rings (SSSR count). The third-order valence-electron chi connectivity index (χ3n) is 4.23. The van der Waals surface area contributed by atoms with Gasteiger partial charge in [-0.15, -0.1) is 11.3 Å². The molecule has 1 aliphatic heterocycles. The Labute approximate surface area is 147 Å². The van der Waals surface area contributed by atoms with E-state index in [4.69, 9.17) is 0 Å². The summed E-state index contributed by atoms with van der Waals surface area (Å²) in [4.78, 5) is 18.7. The van der Waals surface area contributed by atoms with E-state index in [-0.39, 0.29) is 23.2 Å². The molecule has 1 aromatic heterocycles. The Morgan fingerprint density at radius 2 is 1.92 bits per heavy atom. The van der Waals surface area contributed by atoms with Crippen molar-refractivity contribution < 1.29 is 13.6 Å². The van der Waals surface area contributed by atoms with Crippen molar-refractivity contribution in [3.05, 3.63) is 70.7 Å². The largest absolute Gasteiger partial charge is 0.304 e. The van der Waals surface area contributed by atoms with Crippen LogP contribution in [-0.2, 0) is 6.42 Å². The minimum Gasteiger partial charge on any atom is -0.304 e. The van der Waals surface area contributed by atoms with Crippen LogP contribution in [-0.4, -0.2) is 17.4 Å². The molecule has 0 atom stereocenters. The number of hydrogen-bond acceptors (Lipinski definition) is 3. The van der Waals surface area contributed by atoms with Crippen molar-refractivity contribution >= 4 is 22.9 Å². The maximum atomic E-state index is 14.3. The molecule has 6 heteroatoms. The number of carbonyl (C=O) groups is 1. The predicted molar refractivity (Wildman–Crippen MR) is 93.9 cm³/mol. The molecule has 25 heavy (non-hydrogen) atoms. The Balaban J connectivity index is 1.66. The first-order chi connectivity index (χ1) is 12.1. The zero-order valence-corrected chi connectivity index (χ0v) is 14.0. The highest BCUT2D eigenvalue weighted by atomic mass is 32.1. The van der Waals surface area contributed by atoms with Gasteiger partial charge in [0, 0.05) is 17.5 Å². The highest BCUT2D eigenvalue weighted by molar-refractivity contribution is 7.13. The second kappa shape index (κ2) is 6.37. The Morgan fingerprint density at radius 1 is 1.12 bits per heavy atom. The molecule has 2 heterocycles. The van der Waals surface area contributed by atoms with Crippen molar-refractivity contribution in [1.82, 2.24) is 4.98 Å². The highest BCUT2D eigenvalue weighted by Crippen LogP contribution is 2.32. The van der Waals surface area contributed by atoms with Gasteiger partial charge in [-0.3, -0.25) is 4.79 Å². The average Bonchev–Trinajstić information content (AvgIpc) is 3.11. The molecule has 0 radical (unpaired) electrons. The normalized spacial score (nSPS) is 13.6. The summed E-state index contributed by atoms with van der Waals surface area (Å²) in [6.45, 7) is 0.468. The SMILES string of the molecule is O=C(c1csc(-c2ccc(F)cc2)n1)N1CCCc2cccc(F)c21. The lowest BCUT2D eigenvalue weighted by Gasteiger charge is -2.29. The molecule has 1 aliphatic rings. The quantitative estimate of drug-likeness (QED) is 0.668. The lowest BCUT2D eigenvalue weighted by atomic mass is 10.0. The molecule has 0 spiro atoms. The number of amides is 1. The summed E-state index contributed by atoms with van der Waals surface area (Å²) >= 11 is 1.31. The van der Waals surface area contributed by atoms with Crippen LogP contribution in [0.4, 0.5) is 14.5 Å². The van der Waals surface area contributed by atoms with E-state index in [1.54, 1.807) is 23.6 Å². The summed E-state index contributed by atoms with van der Waals surface area (Å²) < 4.78 is 27.3. The van der Waals surface area contributed by atoms with Gasteiger partial charge in [0.2, 0.25) is 0 Å². The molecule has 0 fully saturated rings. The topological polar surface area (TPSA) is 33.2 Å². The minimum atomic E-state index is -0.389. The standard InChI is InChI=1S/C19H14F2N2OS/c20-14-8-6-13(7-9-14)18-22-16(11-25-18)19(24)23-10-2-4-12-3-1-5-15(21)17(12)23/h1,3,5-9,11H,2,4,10H2. The number of aryl methyl sites for hydroxylation is 1. The number of halogens is 2. The first-order valence-electron chi connectivity index (χ1n) is 7.94. The van der Waals surface area contributed by atoms with Gasteiger partial charge < -0.3 is 4.90 Å². The van der Waals surface area contributed by atoms with Crippen LogP contribution in [0.1, 0.15) is 22.5 Å². The van der Waals surface area contributed by atoms with Crippen molar-refractivity contribution in [2.75, 3.05) is 11.4 Å². The number of rotatable bonds is 2. The van der Waals surface area contributed by atoms with Crippen molar-refractivity contribution in [3.63, 3.8) is 0 Å². The smallest absolute Gasteiger partial charge is 0.277 e. The van der Waals surface area contributed by atoms with E-state index in [1.165, 1.54) is 34.4 Å². The van der Waals surface area contributed by atoms with Crippen molar-refractivity contribution in [2.24, 2.45) is 0 Å². The minimum absolute atomic E-state index is 0.278. The number of carbonyl (C=O) groups excluding carboxylic acids is 1. The molecule has 0 bridgehead atoms. The fraction of sp³-hybridized carbons (Fsp3) is 0.158. The number of nitrogens with zero attached hydrogens (tertiary/aromatic N) is 2. The molecule has 0 unspecified atom stereocenters. The second-order valence-electron chi connectivity index (χ2n) is 5.85. The number of para-hydroxylation sites is 1. The van der Waals surface area contributed by atoms with Crippen LogP contribution in [0, 0.1) is 11.6 Å². The fourth-order valence-electron chi connectivity index (χ4n) is 3.04. The van der Waals surface area contributed by atoms with E-state index in [2.05, 4.69) is 4.98 Å². The molecule has 0 saturated heterocycles. The maximum absolute atomic E-state index is 14.3. The molecule has 126 valence electrons. The number of anilines is 1. The third-order valence-corrected chi connectivity index (χ3v) is 5.12. The number of hydrogen-bond donors (Lipinski definition) is 0. The van der Waals surface area contributed by atoms with Crippen molar-refractivity contribution in [1.29, 1.82) is 0 Å². The molecular formula is C19H14F2N2OS. The summed E-state index contributed by atoms with van der Waals surface area (Å²) in [6.07, 6.45) is 1.55. The van der Waals surface area contributed by atoms with Gasteiger partial charge in [-0.2, -0.15) is 0 Å². The van der Waals surface area contributed by atoms with Gasteiger partial charge in [-0.25, -0.2) is 13.8 Å². The van der Waals surface area contributed by atoms with E-state index in [0.29, 0.717) is 17.2 Å². The van der Waals surface area contributed by atoms with Gasteiger partial charge >= 0.3 is 0 Å². The maximum Gasteiger partial charge on any atom is 0.277 e. The predicted octanol–water partition coefficient (Wildman–Crippen LogP) is 4.68. The number of benzene rings is 2. The lowest BCUT2D eigenvalue weighted by Crippen LogP contribution is -2.36. The summed E-state index contributed by atoms with van der Waals surface area (Å²) in [5, 5.41) is 2.30. The van der Waals surface area contributed by atoms with Crippen LogP contribution in [0.3, 0.4) is 0 Å². The van der Waals surface area contributed by atoms with Crippen LogP contribution < -0.4 is 4.90 Å².